The number of aliphatic hydroxyl groups is 1. The van der Waals surface area contributed by atoms with Gasteiger partial charge in [-0.3, -0.25) is 0 Å². The van der Waals surface area contributed by atoms with Gasteiger partial charge in [-0.1, -0.05) is 12.1 Å². The highest BCUT2D eigenvalue weighted by molar-refractivity contribution is 5.85. The average molecular weight is 393 g/mol. The smallest absolute Gasteiger partial charge is 0.340 e. The summed E-state index contributed by atoms with van der Waals surface area (Å²) in [6.45, 7) is 3.09. The van der Waals surface area contributed by atoms with Crippen LogP contribution in [0.15, 0.2) is 42.5 Å². The minimum absolute atomic E-state index is 0. The highest BCUT2D eigenvalue weighted by Gasteiger charge is 2.32. The summed E-state index contributed by atoms with van der Waals surface area (Å²) in [4.78, 5) is 18.8. The molecule has 3 N–H and O–H groups in total. The Morgan fingerprint density at radius 3 is 2.41 bits per heavy atom. The molecule has 0 radical (unpaired) electrons. The van der Waals surface area contributed by atoms with Crippen LogP contribution in [0.2, 0.25) is 0 Å². The van der Waals surface area contributed by atoms with Crippen LogP contribution in [-0.4, -0.2) is 33.3 Å². The van der Waals surface area contributed by atoms with Crippen LogP contribution in [0.25, 0.3) is 11.0 Å². The number of aromatic nitrogens is 2. The Hall–Kier alpha value is -2.77. The number of imidazole rings is 1. The predicted molar refractivity (Wildman–Crippen MR) is 103 cm³/mol. The number of hydrogen-bond acceptors (Lipinski definition) is 5. The van der Waals surface area contributed by atoms with Gasteiger partial charge < -0.3 is 24.7 Å². The normalized spacial score (nSPS) is 14.1. The fraction of sp³-hybridized carbons (Fsp3) is 0.263. The minimum Gasteiger partial charge on any atom is -0.497 e. The van der Waals surface area contributed by atoms with Crippen LogP contribution in [0.5, 0.6) is 11.5 Å². The van der Waals surface area contributed by atoms with Gasteiger partial charge in [0.2, 0.25) is 0 Å². The van der Waals surface area contributed by atoms with Crippen LogP contribution in [0, 0.1) is 0 Å². The SMILES string of the molecule is COc1ccc2nc(C(C)Oc3ccc(C(C)(O)C(=O)O)cc3)[nH]c2c1.Cl. The van der Waals surface area contributed by atoms with Crippen molar-refractivity contribution in [3.8, 4) is 11.5 Å². The Bertz CT molecular complexity index is 937. The van der Waals surface area contributed by atoms with Crippen LogP contribution in [-0.2, 0) is 10.4 Å². The lowest BCUT2D eigenvalue weighted by atomic mass is 9.96. The number of fused-ring (bicyclic) bond motifs is 1. The van der Waals surface area contributed by atoms with E-state index in [1.165, 1.54) is 19.1 Å². The van der Waals surface area contributed by atoms with Crippen molar-refractivity contribution >= 4 is 29.4 Å². The molecule has 2 atom stereocenters. The molecule has 8 heteroatoms. The molecular weight excluding hydrogens is 372 g/mol. The fourth-order valence-corrected chi connectivity index (χ4v) is 2.57. The Balaban J connectivity index is 0.00000261. The molecule has 1 aromatic heterocycles. The number of aliphatic carboxylic acids is 1. The molecule has 27 heavy (non-hydrogen) atoms. The van der Waals surface area contributed by atoms with Crippen LogP contribution >= 0.6 is 12.4 Å². The zero-order valence-corrected chi connectivity index (χ0v) is 15.9. The lowest BCUT2D eigenvalue weighted by Gasteiger charge is -2.19. The zero-order valence-electron chi connectivity index (χ0n) is 15.1. The van der Waals surface area contributed by atoms with Gasteiger partial charge in [-0.2, -0.15) is 0 Å². The van der Waals surface area contributed by atoms with Gasteiger partial charge in [0.1, 0.15) is 17.3 Å². The van der Waals surface area contributed by atoms with E-state index in [-0.39, 0.29) is 24.1 Å². The molecule has 1 heterocycles. The number of halogens is 1. The second-order valence-electron chi connectivity index (χ2n) is 6.17. The third kappa shape index (κ3) is 4.15. The third-order valence-electron chi connectivity index (χ3n) is 4.24. The monoisotopic (exact) mass is 392 g/mol. The summed E-state index contributed by atoms with van der Waals surface area (Å²) in [5.41, 5.74) is -0.00494. The van der Waals surface area contributed by atoms with Crippen molar-refractivity contribution in [2.45, 2.75) is 25.6 Å². The number of carboxylic acids is 1. The summed E-state index contributed by atoms with van der Waals surface area (Å²) in [5.74, 6) is 0.634. The van der Waals surface area contributed by atoms with Gasteiger partial charge in [0.15, 0.2) is 11.7 Å². The van der Waals surface area contributed by atoms with Gasteiger partial charge in [-0.15, -0.1) is 12.4 Å². The van der Waals surface area contributed by atoms with Gasteiger partial charge in [-0.25, -0.2) is 9.78 Å². The van der Waals surface area contributed by atoms with E-state index in [2.05, 4.69) is 9.97 Å². The highest BCUT2D eigenvalue weighted by Crippen LogP contribution is 2.27. The number of aromatic amines is 1. The molecular formula is C19H21ClN2O5. The van der Waals surface area contributed by atoms with Crippen molar-refractivity contribution < 1.29 is 24.5 Å². The summed E-state index contributed by atoms with van der Waals surface area (Å²) < 4.78 is 11.1. The van der Waals surface area contributed by atoms with E-state index in [0.29, 0.717) is 11.6 Å². The van der Waals surface area contributed by atoms with E-state index < -0.39 is 11.6 Å². The van der Waals surface area contributed by atoms with E-state index in [0.717, 1.165) is 16.8 Å². The quantitative estimate of drug-likeness (QED) is 0.593. The standard InChI is InChI=1S/C19H20N2O5.ClH/c1-11(17-20-15-9-8-14(25-3)10-16(15)21-17)26-13-6-4-12(5-7-13)19(2,24)18(22)23;/h4-11,24H,1-3H3,(H,20,21)(H,22,23);1H. The summed E-state index contributed by atoms with van der Waals surface area (Å²) in [7, 11) is 1.61. The average Bonchev–Trinajstić information content (AvgIpc) is 3.05. The molecule has 2 unspecified atom stereocenters. The molecule has 2 aromatic carbocycles. The number of carboxylic acid groups (broad SMARTS) is 1. The van der Waals surface area contributed by atoms with Crippen molar-refractivity contribution in [3.05, 3.63) is 53.9 Å². The molecule has 3 aromatic rings. The first-order chi connectivity index (χ1) is 12.3. The minimum atomic E-state index is -1.94. The molecule has 0 aliphatic carbocycles. The van der Waals surface area contributed by atoms with Gasteiger partial charge in [-0.05, 0) is 43.7 Å². The van der Waals surface area contributed by atoms with Crippen LogP contribution < -0.4 is 9.47 Å². The predicted octanol–water partition coefficient (Wildman–Crippen LogP) is 3.43. The topological polar surface area (TPSA) is 105 Å². The summed E-state index contributed by atoms with van der Waals surface area (Å²) in [6, 6.07) is 11.9. The Kier molecular flexibility index (Phi) is 5.98. The first-order valence-corrected chi connectivity index (χ1v) is 8.08. The number of hydrogen-bond donors (Lipinski definition) is 3. The largest absolute Gasteiger partial charge is 0.497 e. The number of rotatable bonds is 6. The van der Waals surface area contributed by atoms with E-state index in [1.54, 1.807) is 19.2 Å². The van der Waals surface area contributed by atoms with Crippen molar-refractivity contribution in [2.24, 2.45) is 0 Å². The molecule has 0 fully saturated rings. The third-order valence-corrected chi connectivity index (χ3v) is 4.24. The highest BCUT2D eigenvalue weighted by atomic mass is 35.5. The number of methoxy groups -OCH3 is 1. The number of carbonyl (C=O) groups is 1. The zero-order chi connectivity index (χ0) is 18.9. The molecule has 0 bridgehead atoms. The van der Waals surface area contributed by atoms with Crippen molar-refractivity contribution in [1.29, 1.82) is 0 Å². The molecule has 0 saturated heterocycles. The molecule has 7 nitrogen and oxygen atoms in total. The van der Waals surface area contributed by atoms with E-state index in [4.69, 9.17) is 14.6 Å². The van der Waals surface area contributed by atoms with E-state index in [9.17, 15) is 9.90 Å². The Morgan fingerprint density at radius 2 is 1.81 bits per heavy atom. The molecule has 0 aliphatic rings. The molecule has 144 valence electrons. The van der Waals surface area contributed by atoms with Crippen LogP contribution in [0.4, 0.5) is 0 Å². The summed E-state index contributed by atoms with van der Waals surface area (Å²) in [6.07, 6.45) is -0.348. The Labute approximate surface area is 162 Å². The maximum atomic E-state index is 11.1. The van der Waals surface area contributed by atoms with Gasteiger partial charge in [0.05, 0.1) is 18.1 Å². The van der Waals surface area contributed by atoms with E-state index >= 15 is 0 Å². The maximum Gasteiger partial charge on any atom is 0.340 e. The van der Waals surface area contributed by atoms with Gasteiger partial charge in [0.25, 0.3) is 0 Å². The van der Waals surface area contributed by atoms with E-state index in [1.807, 2.05) is 25.1 Å². The van der Waals surface area contributed by atoms with Crippen molar-refractivity contribution in [3.63, 3.8) is 0 Å². The van der Waals surface area contributed by atoms with Crippen molar-refractivity contribution in [2.75, 3.05) is 7.11 Å². The number of ether oxygens (including phenoxy) is 2. The number of benzene rings is 2. The summed E-state index contributed by atoms with van der Waals surface area (Å²) in [5, 5.41) is 19.0. The lowest BCUT2D eigenvalue weighted by Crippen LogP contribution is -2.31. The molecule has 0 saturated carbocycles. The Morgan fingerprint density at radius 1 is 1.19 bits per heavy atom. The molecule has 0 spiro atoms. The lowest BCUT2D eigenvalue weighted by molar-refractivity contribution is -0.157. The van der Waals surface area contributed by atoms with Crippen molar-refractivity contribution in [1.82, 2.24) is 9.97 Å². The number of H-pyrrole nitrogens is 1. The maximum absolute atomic E-state index is 11.1. The second kappa shape index (κ2) is 7.85. The molecule has 0 aliphatic heterocycles. The number of nitrogens with zero attached hydrogens (tertiary/aromatic N) is 1. The molecule has 0 amide bonds. The first-order valence-electron chi connectivity index (χ1n) is 8.08. The fourth-order valence-electron chi connectivity index (χ4n) is 2.57. The first kappa shape index (κ1) is 20.5. The summed E-state index contributed by atoms with van der Waals surface area (Å²) >= 11 is 0. The van der Waals surface area contributed by atoms with Crippen LogP contribution in [0.3, 0.4) is 0 Å². The number of nitrogens with one attached hydrogen (secondary N) is 1. The second-order valence-corrected chi connectivity index (χ2v) is 6.17. The van der Waals surface area contributed by atoms with Gasteiger partial charge in [0, 0.05) is 6.07 Å². The van der Waals surface area contributed by atoms with Gasteiger partial charge >= 0.3 is 5.97 Å². The molecule has 3 rings (SSSR count). The van der Waals surface area contributed by atoms with Crippen LogP contribution in [0.1, 0.15) is 31.3 Å².